The van der Waals surface area contributed by atoms with Crippen molar-refractivity contribution in [2.75, 3.05) is 5.73 Å². The zero-order valence-electron chi connectivity index (χ0n) is 16.5. The SMILES string of the molecule is Cc1ccc2c(c1)[C@@H](C)Oc1cc(cnc1N)-c1c(C#N)ncn1Cc1scnc1-2. The maximum absolute atomic E-state index is 9.60. The zero-order chi connectivity index (χ0) is 20.8. The number of aromatic nitrogens is 4. The molecule has 4 heterocycles. The number of anilines is 1. The van der Waals surface area contributed by atoms with E-state index in [-0.39, 0.29) is 6.10 Å². The van der Waals surface area contributed by atoms with Crippen LogP contribution < -0.4 is 10.5 Å². The van der Waals surface area contributed by atoms with Crippen LogP contribution in [0.15, 0.2) is 42.3 Å². The van der Waals surface area contributed by atoms with Gasteiger partial charge in [0.15, 0.2) is 17.3 Å². The second-order valence-corrected chi connectivity index (χ2v) is 8.20. The first-order chi connectivity index (χ1) is 14.5. The molecule has 0 saturated carbocycles. The van der Waals surface area contributed by atoms with Crippen LogP contribution in [-0.2, 0) is 6.54 Å². The summed E-state index contributed by atoms with van der Waals surface area (Å²) in [7, 11) is 0. The molecule has 3 aromatic heterocycles. The minimum Gasteiger partial charge on any atom is -0.482 e. The van der Waals surface area contributed by atoms with Crippen LogP contribution in [-0.4, -0.2) is 19.5 Å². The van der Waals surface area contributed by atoms with Gasteiger partial charge in [-0.3, -0.25) is 0 Å². The Balaban J connectivity index is 1.81. The molecule has 1 atom stereocenters. The van der Waals surface area contributed by atoms with Gasteiger partial charge in [-0.2, -0.15) is 5.26 Å². The van der Waals surface area contributed by atoms with Gasteiger partial charge in [-0.05, 0) is 19.9 Å². The molecule has 2 N–H and O–H groups in total. The fourth-order valence-corrected chi connectivity index (χ4v) is 4.58. The number of thiazole rings is 1. The minimum absolute atomic E-state index is 0.270. The molecule has 148 valence electrons. The summed E-state index contributed by atoms with van der Waals surface area (Å²) >= 11 is 1.58. The Morgan fingerprint density at radius 3 is 2.97 bits per heavy atom. The van der Waals surface area contributed by atoms with Crippen LogP contribution in [0.2, 0.25) is 0 Å². The molecular formula is C22H18N6OS. The number of nitrogen functional groups attached to an aromatic ring is 1. The van der Waals surface area contributed by atoms with Gasteiger partial charge in [0.2, 0.25) is 0 Å². The third kappa shape index (κ3) is 2.91. The predicted molar refractivity (Wildman–Crippen MR) is 115 cm³/mol. The normalized spacial score (nSPS) is 14.9. The quantitative estimate of drug-likeness (QED) is 0.459. The highest BCUT2D eigenvalue weighted by Gasteiger charge is 2.23. The van der Waals surface area contributed by atoms with Gasteiger partial charge in [0.05, 0.1) is 34.6 Å². The van der Waals surface area contributed by atoms with E-state index in [0.717, 1.165) is 32.8 Å². The number of nitrogens with zero attached hydrogens (tertiary/aromatic N) is 5. The fraction of sp³-hybridized carbons (Fsp3) is 0.182. The standard InChI is InChI=1S/C22H18N6OS/c1-12-3-4-15-16(5-12)13(2)29-18-6-14(8-25-22(18)24)21-17(7-23)26-10-28(21)9-19-20(15)27-11-30-19/h3-6,8,10-11,13H,9H2,1-2H3,(H2,24,25)/t13-/m1/s1. The van der Waals surface area contributed by atoms with Crippen molar-refractivity contribution < 1.29 is 4.74 Å². The van der Waals surface area contributed by atoms with Gasteiger partial charge in [0.1, 0.15) is 12.2 Å². The molecule has 1 aliphatic heterocycles. The highest BCUT2D eigenvalue weighted by molar-refractivity contribution is 7.10. The third-order valence-corrected chi connectivity index (χ3v) is 6.08. The Bertz CT molecular complexity index is 1320. The van der Waals surface area contributed by atoms with Gasteiger partial charge in [-0.15, -0.1) is 11.3 Å². The molecule has 0 fully saturated rings. The van der Waals surface area contributed by atoms with Crippen molar-refractivity contribution in [2.24, 2.45) is 0 Å². The Kier molecular flexibility index (Phi) is 4.26. The number of aryl methyl sites for hydroxylation is 1. The van der Waals surface area contributed by atoms with Gasteiger partial charge in [-0.1, -0.05) is 23.8 Å². The number of ether oxygens (including phenoxy) is 1. The molecule has 1 aromatic carbocycles. The molecule has 4 aromatic rings. The number of nitriles is 1. The van der Waals surface area contributed by atoms with Crippen LogP contribution >= 0.6 is 11.3 Å². The molecule has 0 spiro atoms. The Morgan fingerprint density at radius 1 is 1.27 bits per heavy atom. The summed E-state index contributed by atoms with van der Waals surface area (Å²) in [5.41, 5.74) is 13.8. The topological polar surface area (TPSA) is 103 Å². The summed E-state index contributed by atoms with van der Waals surface area (Å²) in [5.74, 6) is 0.777. The van der Waals surface area contributed by atoms with Crippen LogP contribution in [0, 0.1) is 18.3 Å². The van der Waals surface area contributed by atoms with Gasteiger partial charge in [0, 0.05) is 22.9 Å². The lowest BCUT2D eigenvalue weighted by atomic mass is 9.97. The summed E-state index contributed by atoms with van der Waals surface area (Å²) in [5, 5.41) is 9.60. The number of fused-ring (bicyclic) bond motifs is 7. The number of imidazole rings is 1. The van der Waals surface area contributed by atoms with Crippen molar-refractivity contribution in [2.45, 2.75) is 26.5 Å². The summed E-state index contributed by atoms with van der Waals surface area (Å²) in [4.78, 5) is 14.4. The molecule has 0 aliphatic carbocycles. The zero-order valence-corrected chi connectivity index (χ0v) is 17.3. The third-order valence-electron chi connectivity index (χ3n) is 5.26. The first kappa shape index (κ1) is 18.3. The molecule has 2 bridgehead atoms. The van der Waals surface area contributed by atoms with Crippen molar-refractivity contribution in [3.8, 4) is 34.3 Å². The molecule has 5 rings (SSSR count). The Labute approximate surface area is 177 Å². The summed E-state index contributed by atoms with van der Waals surface area (Å²) in [6.45, 7) is 4.60. The van der Waals surface area contributed by atoms with Crippen molar-refractivity contribution >= 4 is 17.2 Å². The van der Waals surface area contributed by atoms with Gasteiger partial charge in [-0.25, -0.2) is 15.0 Å². The van der Waals surface area contributed by atoms with Crippen LogP contribution in [0.3, 0.4) is 0 Å². The van der Waals surface area contributed by atoms with Crippen molar-refractivity contribution in [3.63, 3.8) is 0 Å². The first-order valence-corrected chi connectivity index (χ1v) is 10.3. The summed E-state index contributed by atoms with van der Waals surface area (Å²) in [6, 6.07) is 10.3. The fourth-order valence-electron chi connectivity index (χ4n) is 3.81. The van der Waals surface area contributed by atoms with Gasteiger partial charge < -0.3 is 15.0 Å². The first-order valence-electron chi connectivity index (χ1n) is 9.46. The van der Waals surface area contributed by atoms with Gasteiger partial charge >= 0.3 is 0 Å². The number of hydrogen-bond acceptors (Lipinski definition) is 7. The van der Waals surface area contributed by atoms with E-state index in [2.05, 4.69) is 46.1 Å². The minimum atomic E-state index is -0.270. The lowest BCUT2D eigenvalue weighted by Gasteiger charge is -2.21. The number of benzene rings is 1. The summed E-state index contributed by atoms with van der Waals surface area (Å²) in [6.07, 6.45) is 3.06. The largest absolute Gasteiger partial charge is 0.482 e. The van der Waals surface area contributed by atoms with Crippen LogP contribution in [0.1, 0.15) is 34.7 Å². The Hall–Kier alpha value is -3.70. The van der Waals surface area contributed by atoms with E-state index in [1.165, 1.54) is 0 Å². The van der Waals surface area contributed by atoms with E-state index in [1.54, 1.807) is 23.9 Å². The van der Waals surface area contributed by atoms with Crippen LogP contribution in [0.4, 0.5) is 5.82 Å². The molecule has 0 amide bonds. The number of rotatable bonds is 0. The second-order valence-electron chi connectivity index (χ2n) is 7.26. The van der Waals surface area contributed by atoms with Crippen molar-refractivity contribution in [1.29, 1.82) is 5.26 Å². The van der Waals surface area contributed by atoms with E-state index in [1.807, 2.05) is 23.1 Å². The number of nitrogens with two attached hydrogens (primary N) is 1. The molecule has 0 unspecified atom stereocenters. The van der Waals surface area contributed by atoms with E-state index in [9.17, 15) is 5.26 Å². The molecule has 0 radical (unpaired) electrons. The van der Waals surface area contributed by atoms with Crippen molar-refractivity contribution in [3.05, 3.63) is 64.0 Å². The average Bonchev–Trinajstić information content (AvgIpc) is 3.36. The maximum Gasteiger partial charge on any atom is 0.166 e. The van der Waals surface area contributed by atoms with Gasteiger partial charge in [0.25, 0.3) is 0 Å². The number of hydrogen-bond donors (Lipinski definition) is 1. The van der Waals surface area contributed by atoms with Crippen molar-refractivity contribution in [1.82, 2.24) is 19.5 Å². The predicted octanol–water partition coefficient (Wildman–Crippen LogP) is 4.33. The average molecular weight is 414 g/mol. The lowest BCUT2D eigenvalue weighted by Crippen LogP contribution is -2.10. The molecular weight excluding hydrogens is 396 g/mol. The molecule has 8 heteroatoms. The Morgan fingerprint density at radius 2 is 2.13 bits per heavy atom. The van der Waals surface area contributed by atoms with E-state index in [4.69, 9.17) is 10.5 Å². The number of pyridine rings is 1. The van der Waals surface area contributed by atoms with Crippen LogP contribution in [0.25, 0.3) is 22.5 Å². The lowest BCUT2D eigenvalue weighted by molar-refractivity contribution is 0.228. The maximum atomic E-state index is 9.60. The highest BCUT2D eigenvalue weighted by Crippen LogP contribution is 2.38. The highest BCUT2D eigenvalue weighted by atomic mass is 32.1. The van der Waals surface area contributed by atoms with E-state index in [0.29, 0.717) is 29.5 Å². The molecule has 30 heavy (non-hydrogen) atoms. The monoisotopic (exact) mass is 414 g/mol. The molecule has 7 nitrogen and oxygen atoms in total. The van der Waals surface area contributed by atoms with E-state index >= 15 is 0 Å². The smallest absolute Gasteiger partial charge is 0.166 e. The molecule has 1 aliphatic rings. The van der Waals surface area contributed by atoms with E-state index < -0.39 is 0 Å². The van der Waals surface area contributed by atoms with Crippen LogP contribution in [0.5, 0.6) is 5.75 Å². The second kappa shape index (κ2) is 6.97. The molecule has 0 saturated heterocycles. The summed E-state index contributed by atoms with van der Waals surface area (Å²) < 4.78 is 8.22.